The molecule has 162 valence electrons. The summed E-state index contributed by atoms with van der Waals surface area (Å²) in [5.74, 6) is -0.453. The number of hydrogen-bond donors (Lipinski definition) is 1. The Morgan fingerprint density at radius 1 is 1.23 bits per heavy atom. The Bertz CT molecular complexity index is 1070. The highest BCUT2D eigenvalue weighted by Crippen LogP contribution is 2.38. The van der Waals surface area contributed by atoms with Gasteiger partial charge in [0.25, 0.3) is 5.91 Å². The molecule has 0 atom stereocenters. The highest BCUT2D eigenvalue weighted by molar-refractivity contribution is 6.00. The van der Waals surface area contributed by atoms with Gasteiger partial charge in [-0.25, -0.2) is 4.79 Å². The topological polar surface area (TPSA) is 103 Å². The van der Waals surface area contributed by atoms with Gasteiger partial charge in [0.15, 0.2) is 6.61 Å². The van der Waals surface area contributed by atoms with Crippen LogP contribution in [0.3, 0.4) is 0 Å². The lowest BCUT2D eigenvalue weighted by Crippen LogP contribution is -2.21. The van der Waals surface area contributed by atoms with Crippen molar-refractivity contribution in [1.29, 1.82) is 5.26 Å². The van der Waals surface area contributed by atoms with Gasteiger partial charge in [0.2, 0.25) is 0 Å². The van der Waals surface area contributed by atoms with Crippen LogP contribution in [-0.2, 0) is 14.3 Å². The van der Waals surface area contributed by atoms with E-state index in [9.17, 15) is 14.9 Å². The van der Waals surface area contributed by atoms with E-state index in [1.54, 1.807) is 18.2 Å². The molecule has 0 radical (unpaired) electrons. The van der Waals surface area contributed by atoms with E-state index in [0.717, 1.165) is 29.8 Å². The molecule has 0 spiro atoms. The summed E-state index contributed by atoms with van der Waals surface area (Å²) in [5, 5.41) is 12.0. The number of hydrogen-bond acceptors (Lipinski definition) is 6. The Balaban J connectivity index is 1.66. The van der Waals surface area contributed by atoms with Crippen LogP contribution in [0.5, 0.6) is 11.5 Å². The van der Waals surface area contributed by atoms with Crippen molar-refractivity contribution < 1.29 is 23.8 Å². The molecule has 2 aromatic rings. The molecule has 1 saturated carbocycles. The molecule has 31 heavy (non-hydrogen) atoms. The number of esters is 1. The minimum absolute atomic E-state index is 0.164. The van der Waals surface area contributed by atoms with Gasteiger partial charge in [-0.2, -0.15) is 5.26 Å². The van der Waals surface area contributed by atoms with Crippen LogP contribution >= 0.6 is 0 Å². The molecule has 1 aliphatic rings. The Morgan fingerprint density at radius 2 is 1.97 bits per heavy atom. The molecule has 0 saturated heterocycles. The molecular formula is C23H25N3O5. The number of anilines is 1. The zero-order chi connectivity index (χ0) is 22.5. The largest absolute Gasteiger partial charge is 0.497 e. The predicted octanol–water partition coefficient (Wildman–Crippen LogP) is 3.55. The highest BCUT2D eigenvalue weighted by atomic mass is 16.5. The van der Waals surface area contributed by atoms with Crippen LogP contribution in [-0.4, -0.2) is 37.3 Å². The van der Waals surface area contributed by atoms with Crippen LogP contribution in [0.15, 0.2) is 29.8 Å². The molecule has 0 unspecified atom stereocenters. The van der Waals surface area contributed by atoms with Crippen LogP contribution in [0, 0.1) is 25.2 Å². The zero-order valence-electron chi connectivity index (χ0n) is 18.0. The summed E-state index contributed by atoms with van der Waals surface area (Å²) in [6.07, 6.45) is 3.78. The van der Waals surface area contributed by atoms with E-state index in [0.29, 0.717) is 23.2 Å². The number of amides is 1. The lowest BCUT2D eigenvalue weighted by Gasteiger charge is -2.11. The first-order valence-corrected chi connectivity index (χ1v) is 9.87. The number of nitrogens with one attached hydrogen (secondary N) is 1. The van der Waals surface area contributed by atoms with Gasteiger partial charge < -0.3 is 24.1 Å². The fraction of sp³-hybridized carbons (Fsp3) is 0.348. The molecule has 1 aromatic carbocycles. The summed E-state index contributed by atoms with van der Waals surface area (Å²) in [4.78, 5) is 24.6. The van der Waals surface area contributed by atoms with Gasteiger partial charge >= 0.3 is 5.97 Å². The number of aryl methyl sites for hydroxylation is 1. The quantitative estimate of drug-likeness (QED) is 0.396. The molecule has 1 N–H and O–H groups in total. The van der Waals surface area contributed by atoms with Gasteiger partial charge in [-0.1, -0.05) is 0 Å². The lowest BCUT2D eigenvalue weighted by molar-refractivity contribution is -0.142. The standard InChI is InChI=1S/C23H25N3O5/c1-14-9-16(15(2)26(14)18-5-6-18)10-17(12-24)23(28)31-13-22(27)25-20-11-19(29-3)7-8-21(20)30-4/h7-11,18H,5-6,13H2,1-4H3,(H,25,27)/b17-10+. The maximum atomic E-state index is 12.4. The molecule has 1 amide bonds. The Kier molecular flexibility index (Phi) is 6.65. The normalized spacial score (nSPS) is 13.3. The average molecular weight is 423 g/mol. The number of carbonyl (C=O) groups is 2. The van der Waals surface area contributed by atoms with Crippen LogP contribution in [0.4, 0.5) is 5.69 Å². The van der Waals surface area contributed by atoms with Crippen LogP contribution in [0.1, 0.15) is 35.8 Å². The maximum Gasteiger partial charge on any atom is 0.349 e. The van der Waals surface area contributed by atoms with Gasteiger partial charge in [-0.3, -0.25) is 4.79 Å². The summed E-state index contributed by atoms with van der Waals surface area (Å²) in [6.45, 7) is 3.43. The third-order valence-corrected chi connectivity index (χ3v) is 5.09. The van der Waals surface area contributed by atoms with Crippen molar-refractivity contribution in [1.82, 2.24) is 4.57 Å². The van der Waals surface area contributed by atoms with Crippen molar-refractivity contribution >= 4 is 23.6 Å². The number of nitrogens with zero attached hydrogens (tertiary/aromatic N) is 2. The Hall–Kier alpha value is -3.73. The monoisotopic (exact) mass is 423 g/mol. The van der Waals surface area contributed by atoms with Crippen LogP contribution in [0.2, 0.25) is 0 Å². The van der Waals surface area contributed by atoms with E-state index in [4.69, 9.17) is 14.2 Å². The average Bonchev–Trinajstić information content (AvgIpc) is 3.55. The van der Waals surface area contributed by atoms with E-state index < -0.39 is 18.5 Å². The predicted molar refractivity (Wildman–Crippen MR) is 115 cm³/mol. The number of aromatic nitrogens is 1. The van der Waals surface area contributed by atoms with Crippen molar-refractivity contribution in [2.75, 3.05) is 26.1 Å². The van der Waals surface area contributed by atoms with Gasteiger partial charge in [0.1, 0.15) is 23.1 Å². The number of nitriles is 1. The summed E-state index contributed by atoms with van der Waals surface area (Å²) in [5.41, 5.74) is 3.10. The van der Waals surface area contributed by atoms with E-state index >= 15 is 0 Å². The minimum Gasteiger partial charge on any atom is -0.497 e. The number of ether oxygens (including phenoxy) is 3. The SMILES string of the molecule is COc1ccc(OC)c(NC(=O)COC(=O)/C(C#N)=C/c2cc(C)n(C3CC3)c2C)c1. The molecule has 0 bridgehead atoms. The minimum atomic E-state index is -0.855. The fourth-order valence-corrected chi connectivity index (χ4v) is 3.44. The second-order valence-corrected chi connectivity index (χ2v) is 7.29. The summed E-state index contributed by atoms with van der Waals surface area (Å²) < 4.78 is 17.6. The molecule has 1 aliphatic carbocycles. The molecule has 3 rings (SSSR count). The van der Waals surface area contributed by atoms with E-state index in [-0.39, 0.29) is 5.57 Å². The molecule has 1 aromatic heterocycles. The summed E-state index contributed by atoms with van der Waals surface area (Å²) >= 11 is 0. The second kappa shape index (κ2) is 9.39. The van der Waals surface area contributed by atoms with E-state index in [1.165, 1.54) is 20.3 Å². The number of rotatable bonds is 8. The number of carbonyl (C=O) groups excluding carboxylic acids is 2. The molecular weight excluding hydrogens is 398 g/mol. The van der Waals surface area contributed by atoms with Crippen molar-refractivity contribution in [2.45, 2.75) is 32.7 Å². The van der Waals surface area contributed by atoms with Gasteiger partial charge in [0, 0.05) is 23.5 Å². The molecule has 1 fully saturated rings. The third-order valence-electron chi connectivity index (χ3n) is 5.09. The lowest BCUT2D eigenvalue weighted by atomic mass is 10.1. The van der Waals surface area contributed by atoms with E-state index in [2.05, 4.69) is 9.88 Å². The van der Waals surface area contributed by atoms with Crippen molar-refractivity contribution in [3.05, 3.63) is 46.8 Å². The summed E-state index contributed by atoms with van der Waals surface area (Å²) in [6, 6.07) is 9.24. The third kappa shape index (κ3) is 5.07. The first-order chi connectivity index (χ1) is 14.9. The Morgan fingerprint density at radius 3 is 2.58 bits per heavy atom. The van der Waals surface area contributed by atoms with Crippen molar-refractivity contribution in [3.8, 4) is 17.6 Å². The van der Waals surface area contributed by atoms with E-state index in [1.807, 2.05) is 26.0 Å². The first kappa shape index (κ1) is 22.0. The zero-order valence-corrected chi connectivity index (χ0v) is 18.0. The maximum absolute atomic E-state index is 12.4. The van der Waals surface area contributed by atoms with Crippen molar-refractivity contribution in [3.63, 3.8) is 0 Å². The fourth-order valence-electron chi connectivity index (χ4n) is 3.44. The molecule has 8 heteroatoms. The second-order valence-electron chi connectivity index (χ2n) is 7.29. The number of benzene rings is 1. The van der Waals surface area contributed by atoms with Gasteiger partial charge in [-0.05, 0) is 56.5 Å². The summed E-state index contributed by atoms with van der Waals surface area (Å²) in [7, 11) is 2.98. The molecule has 0 aliphatic heterocycles. The number of methoxy groups -OCH3 is 2. The van der Waals surface area contributed by atoms with Gasteiger partial charge in [-0.15, -0.1) is 0 Å². The molecule has 1 heterocycles. The van der Waals surface area contributed by atoms with Crippen LogP contribution in [0.25, 0.3) is 6.08 Å². The Labute approximate surface area is 181 Å². The van der Waals surface area contributed by atoms with Crippen LogP contribution < -0.4 is 14.8 Å². The highest BCUT2D eigenvalue weighted by Gasteiger charge is 2.27. The van der Waals surface area contributed by atoms with Gasteiger partial charge in [0.05, 0.1) is 19.9 Å². The van der Waals surface area contributed by atoms with Crippen molar-refractivity contribution in [2.24, 2.45) is 0 Å². The first-order valence-electron chi connectivity index (χ1n) is 9.87. The smallest absolute Gasteiger partial charge is 0.349 e. The molecule has 8 nitrogen and oxygen atoms in total.